The molecule has 2 aromatic rings. The number of pyridine rings is 1. The summed E-state index contributed by atoms with van der Waals surface area (Å²) in [6, 6.07) is 3.65. The quantitative estimate of drug-likeness (QED) is 0.829. The van der Waals surface area contributed by atoms with Gasteiger partial charge in [-0.25, -0.2) is 9.78 Å². The van der Waals surface area contributed by atoms with Gasteiger partial charge in [-0.1, -0.05) is 0 Å². The molecule has 0 aromatic carbocycles. The van der Waals surface area contributed by atoms with Crippen molar-refractivity contribution in [3.05, 3.63) is 23.7 Å². The third kappa shape index (κ3) is 4.15. The normalized spacial score (nSPS) is 15.7. The fourth-order valence-corrected chi connectivity index (χ4v) is 3.65. The van der Waals surface area contributed by atoms with Gasteiger partial charge in [0.1, 0.15) is 5.82 Å². The van der Waals surface area contributed by atoms with Crippen molar-refractivity contribution in [1.82, 2.24) is 14.8 Å². The van der Waals surface area contributed by atoms with Gasteiger partial charge in [0, 0.05) is 56.1 Å². The highest BCUT2D eigenvalue weighted by molar-refractivity contribution is 7.17. The van der Waals surface area contributed by atoms with Gasteiger partial charge in [0.05, 0.1) is 6.42 Å². The van der Waals surface area contributed by atoms with Crippen LogP contribution in [-0.4, -0.2) is 66.8 Å². The van der Waals surface area contributed by atoms with Crippen molar-refractivity contribution >= 4 is 33.3 Å². The van der Waals surface area contributed by atoms with Crippen molar-refractivity contribution in [3.63, 3.8) is 0 Å². The first-order chi connectivity index (χ1) is 11.8. The van der Waals surface area contributed by atoms with Crippen molar-refractivity contribution in [3.8, 4) is 0 Å². The second kappa shape index (κ2) is 7.07. The van der Waals surface area contributed by atoms with E-state index in [1.54, 1.807) is 22.4 Å². The lowest BCUT2D eigenvalue weighted by atomic mass is 10.2. The third-order valence-electron chi connectivity index (χ3n) is 4.27. The number of anilines is 1. The molecule has 1 fully saturated rings. The van der Waals surface area contributed by atoms with Gasteiger partial charge in [-0.2, -0.15) is 13.2 Å². The van der Waals surface area contributed by atoms with Gasteiger partial charge in [0.15, 0.2) is 0 Å². The predicted octanol–water partition coefficient (Wildman–Crippen LogP) is 3.42. The molecule has 0 unspecified atom stereocenters. The number of urea groups is 1. The number of rotatable bonds is 3. The Hall–Kier alpha value is -2.03. The average Bonchev–Trinajstić information content (AvgIpc) is 3.07. The summed E-state index contributed by atoms with van der Waals surface area (Å²) < 4.78 is 38.1. The zero-order chi connectivity index (χ0) is 18.0. The van der Waals surface area contributed by atoms with Gasteiger partial charge in [0.2, 0.25) is 0 Å². The van der Waals surface area contributed by atoms with E-state index in [2.05, 4.69) is 9.88 Å². The molecule has 2 aromatic heterocycles. The van der Waals surface area contributed by atoms with Crippen LogP contribution >= 0.6 is 11.3 Å². The first-order valence-electron chi connectivity index (χ1n) is 7.99. The predicted molar refractivity (Wildman–Crippen MR) is 92.1 cm³/mol. The van der Waals surface area contributed by atoms with Crippen molar-refractivity contribution < 1.29 is 18.0 Å². The van der Waals surface area contributed by atoms with Crippen LogP contribution in [0.4, 0.5) is 23.8 Å². The van der Waals surface area contributed by atoms with Crippen LogP contribution in [0.15, 0.2) is 23.7 Å². The standard InChI is InChI=1S/C16H19F3N4OS/c1-21(6-4-16(17,18)19)15(24)23-9-7-22(8-10-23)14-12-3-11-25-13(12)2-5-20-14/h2-3,5,11H,4,6-10H2,1H3. The van der Waals surface area contributed by atoms with Crippen LogP contribution in [0, 0.1) is 0 Å². The summed E-state index contributed by atoms with van der Waals surface area (Å²) in [6.07, 6.45) is -3.46. The summed E-state index contributed by atoms with van der Waals surface area (Å²) in [4.78, 5) is 21.6. The third-order valence-corrected chi connectivity index (χ3v) is 5.15. The van der Waals surface area contributed by atoms with Crippen LogP contribution in [0.2, 0.25) is 0 Å². The molecule has 136 valence electrons. The number of alkyl halides is 3. The number of amides is 2. The fraction of sp³-hybridized carbons (Fsp3) is 0.500. The molecule has 9 heteroatoms. The molecular weight excluding hydrogens is 353 g/mol. The molecule has 3 rings (SSSR count). The van der Waals surface area contributed by atoms with Gasteiger partial charge >= 0.3 is 12.2 Å². The number of carbonyl (C=O) groups excluding carboxylic acids is 1. The largest absolute Gasteiger partial charge is 0.390 e. The summed E-state index contributed by atoms with van der Waals surface area (Å²) in [5.74, 6) is 0.899. The SMILES string of the molecule is CN(CCC(F)(F)F)C(=O)N1CCN(c2nccc3sccc23)CC1. The lowest BCUT2D eigenvalue weighted by Crippen LogP contribution is -2.52. The Morgan fingerprint density at radius 3 is 2.68 bits per heavy atom. The number of piperazine rings is 1. The Morgan fingerprint density at radius 2 is 2.00 bits per heavy atom. The van der Waals surface area contributed by atoms with E-state index < -0.39 is 12.6 Å². The topological polar surface area (TPSA) is 39.7 Å². The zero-order valence-electron chi connectivity index (χ0n) is 13.8. The Balaban J connectivity index is 1.58. The number of hydrogen-bond donors (Lipinski definition) is 0. The Kier molecular flexibility index (Phi) is 5.03. The molecule has 0 spiro atoms. The Labute approximate surface area is 147 Å². The summed E-state index contributed by atoms with van der Waals surface area (Å²) in [5, 5.41) is 3.11. The van der Waals surface area contributed by atoms with Crippen LogP contribution < -0.4 is 4.90 Å². The number of carbonyl (C=O) groups is 1. The molecule has 3 heterocycles. The smallest absolute Gasteiger partial charge is 0.353 e. The van der Waals surface area contributed by atoms with Crippen LogP contribution in [0.25, 0.3) is 10.1 Å². The molecule has 5 nitrogen and oxygen atoms in total. The van der Waals surface area contributed by atoms with Crippen molar-refractivity contribution in [1.29, 1.82) is 0 Å². The first-order valence-corrected chi connectivity index (χ1v) is 8.87. The number of aromatic nitrogens is 1. The Bertz CT molecular complexity index is 740. The van der Waals surface area contributed by atoms with Gasteiger partial charge in [-0.15, -0.1) is 11.3 Å². The maximum Gasteiger partial charge on any atom is 0.390 e. The van der Waals surface area contributed by atoms with Gasteiger partial charge < -0.3 is 14.7 Å². The molecule has 1 saturated heterocycles. The minimum atomic E-state index is -4.25. The van der Waals surface area contributed by atoms with E-state index in [-0.39, 0.29) is 12.6 Å². The van der Waals surface area contributed by atoms with E-state index in [1.165, 1.54) is 7.05 Å². The summed E-state index contributed by atoms with van der Waals surface area (Å²) in [5.41, 5.74) is 0. The second-order valence-electron chi connectivity index (χ2n) is 6.01. The molecular formula is C16H19F3N4OS. The molecule has 0 N–H and O–H groups in total. The van der Waals surface area contributed by atoms with Crippen LogP contribution in [0.1, 0.15) is 6.42 Å². The van der Waals surface area contributed by atoms with Gasteiger partial charge in [0.25, 0.3) is 0 Å². The molecule has 0 aliphatic carbocycles. The highest BCUT2D eigenvalue weighted by Crippen LogP contribution is 2.29. The van der Waals surface area contributed by atoms with Crippen LogP contribution in [0.3, 0.4) is 0 Å². The number of halogens is 3. The summed E-state index contributed by atoms with van der Waals surface area (Å²) in [6.45, 7) is 1.84. The van der Waals surface area contributed by atoms with E-state index in [4.69, 9.17) is 0 Å². The molecule has 1 aliphatic rings. The molecule has 2 amide bonds. The van der Waals surface area contributed by atoms with E-state index in [0.29, 0.717) is 26.2 Å². The second-order valence-corrected chi connectivity index (χ2v) is 6.96. The maximum atomic E-state index is 12.3. The highest BCUT2D eigenvalue weighted by atomic mass is 32.1. The lowest BCUT2D eigenvalue weighted by molar-refractivity contribution is -0.136. The van der Waals surface area contributed by atoms with E-state index in [9.17, 15) is 18.0 Å². The zero-order valence-corrected chi connectivity index (χ0v) is 14.6. The average molecular weight is 372 g/mol. The van der Waals surface area contributed by atoms with Crippen LogP contribution in [-0.2, 0) is 0 Å². The summed E-state index contributed by atoms with van der Waals surface area (Å²) in [7, 11) is 1.41. The molecule has 0 atom stereocenters. The van der Waals surface area contributed by atoms with Gasteiger partial charge in [-0.3, -0.25) is 0 Å². The first kappa shape index (κ1) is 17.8. The molecule has 25 heavy (non-hydrogen) atoms. The van der Waals surface area contributed by atoms with E-state index in [1.807, 2.05) is 17.5 Å². The van der Waals surface area contributed by atoms with Crippen molar-refractivity contribution in [2.24, 2.45) is 0 Å². The molecule has 0 radical (unpaired) electrons. The van der Waals surface area contributed by atoms with E-state index >= 15 is 0 Å². The van der Waals surface area contributed by atoms with Crippen LogP contribution in [0.5, 0.6) is 0 Å². The van der Waals surface area contributed by atoms with Crippen molar-refractivity contribution in [2.45, 2.75) is 12.6 Å². The molecule has 0 bridgehead atoms. The molecule has 0 saturated carbocycles. The van der Waals surface area contributed by atoms with E-state index in [0.717, 1.165) is 20.8 Å². The Morgan fingerprint density at radius 1 is 1.28 bits per heavy atom. The fourth-order valence-electron chi connectivity index (χ4n) is 2.87. The number of thiophene rings is 1. The van der Waals surface area contributed by atoms with Crippen molar-refractivity contribution in [2.75, 3.05) is 44.7 Å². The minimum absolute atomic E-state index is 0.321. The summed E-state index contributed by atoms with van der Waals surface area (Å²) >= 11 is 1.65. The lowest BCUT2D eigenvalue weighted by Gasteiger charge is -2.37. The maximum absolute atomic E-state index is 12.3. The minimum Gasteiger partial charge on any atom is -0.353 e. The monoisotopic (exact) mass is 372 g/mol. The number of nitrogens with zero attached hydrogens (tertiary/aromatic N) is 4. The van der Waals surface area contributed by atoms with Gasteiger partial charge in [-0.05, 0) is 17.5 Å². The molecule has 1 aliphatic heterocycles. The number of hydrogen-bond acceptors (Lipinski definition) is 4. The highest BCUT2D eigenvalue weighted by Gasteiger charge is 2.30. The number of fused-ring (bicyclic) bond motifs is 1.